The van der Waals surface area contributed by atoms with Crippen LogP contribution < -0.4 is 10.1 Å². The number of fused-ring (bicyclic) bond motifs is 1. The van der Waals surface area contributed by atoms with Crippen molar-refractivity contribution in [3.05, 3.63) is 48.8 Å². The highest BCUT2D eigenvalue weighted by molar-refractivity contribution is 5.79. The van der Waals surface area contributed by atoms with Crippen LogP contribution in [0, 0.1) is 0 Å². The van der Waals surface area contributed by atoms with Crippen LogP contribution in [0.4, 0.5) is 5.69 Å². The molecule has 1 N–H and O–H groups in total. The maximum absolute atomic E-state index is 5.98. The molecule has 0 aliphatic carbocycles. The van der Waals surface area contributed by atoms with E-state index in [0.717, 1.165) is 73.9 Å². The van der Waals surface area contributed by atoms with Gasteiger partial charge in [-0.25, -0.2) is 4.98 Å². The summed E-state index contributed by atoms with van der Waals surface area (Å²) < 4.78 is 8.08. The van der Waals surface area contributed by atoms with Gasteiger partial charge < -0.3 is 19.9 Å². The maximum Gasteiger partial charge on any atom is 0.121 e. The summed E-state index contributed by atoms with van der Waals surface area (Å²) in [6.45, 7) is 6.50. The average Bonchev–Trinajstić information content (AvgIpc) is 3.16. The number of ether oxygens (including phenoxy) is 1. The molecule has 0 saturated carbocycles. The third-order valence-electron chi connectivity index (χ3n) is 5.44. The minimum absolute atomic E-state index is 0.740. The van der Waals surface area contributed by atoms with Crippen molar-refractivity contribution in [2.24, 2.45) is 0 Å². The molecule has 2 heterocycles. The Labute approximate surface area is 166 Å². The molecule has 0 unspecified atom stereocenters. The number of piperazine rings is 1. The number of rotatable bonds is 7. The first-order valence-corrected chi connectivity index (χ1v) is 10.0. The summed E-state index contributed by atoms with van der Waals surface area (Å²) in [5.41, 5.74) is 4.24. The Morgan fingerprint density at radius 3 is 2.57 bits per heavy atom. The molecule has 0 bridgehead atoms. The van der Waals surface area contributed by atoms with Crippen LogP contribution in [0.1, 0.15) is 6.42 Å². The molecule has 6 nitrogen and oxygen atoms in total. The third kappa shape index (κ3) is 4.29. The first-order chi connectivity index (χ1) is 13.7. The molecule has 3 aromatic rings. The highest BCUT2D eigenvalue weighted by Gasteiger charge is 2.13. The Morgan fingerprint density at radius 1 is 1.04 bits per heavy atom. The molecule has 148 valence electrons. The number of nitrogens with one attached hydrogen (secondary N) is 1. The van der Waals surface area contributed by atoms with E-state index in [9.17, 15) is 0 Å². The average molecular weight is 380 g/mol. The first-order valence-electron chi connectivity index (χ1n) is 10.0. The van der Waals surface area contributed by atoms with E-state index >= 15 is 0 Å². The van der Waals surface area contributed by atoms with Crippen molar-refractivity contribution in [3.63, 3.8) is 0 Å². The van der Waals surface area contributed by atoms with Crippen molar-refractivity contribution in [1.29, 1.82) is 0 Å². The summed E-state index contributed by atoms with van der Waals surface area (Å²) in [4.78, 5) is 9.47. The number of imidazole rings is 1. The number of likely N-dealkylation sites (N-methyl/N-ethyl adjacent to an activating group) is 1. The topological polar surface area (TPSA) is 45.6 Å². The van der Waals surface area contributed by atoms with Crippen molar-refractivity contribution in [3.8, 4) is 11.4 Å². The molecule has 1 aromatic heterocycles. The lowest BCUT2D eigenvalue weighted by Gasteiger charge is -2.32. The number of anilines is 1. The van der Waals surface area contributed by atoms with E-state index in [2.05, 4.69) is 62.0 Å². The van der Waals surface area contributed by atoms with Crippen LogP contribution in [-0.2, 0) is 0 Å². The van der Waals surface area contributed by atoms with Gasteiger partial charge in [0, 0.05) is 57.2 Å². The smallest absolute Gasteiger partial charge is 0.121 e. The minimum atomic E-state index is 0.740. The van der Waals surface area contributed by atoms with Crippen molar-refractivity contribution in [1.82, 2.24) is 19.4 Å². The molecule has 0 radical (unpaired) electrons. The molecule has 0 atom stereocenters. The fraction of sp³-hybridized carbons (Fsp3) is 0.409. The summed E-state index contributed by atoms with van der Waals surface area (Å²) in [7, 11) is 4.11. The van der Waals surface area contributed by atoms with E-state index in [1.54, 1.807) is 0 Å². The molecule has 1 aliphatic rings. The standard InChI is InChI=1S/C22H29N5O/c1-23-18-4-6-19(7-5-18)27-17-24-21-16-20(8-9-22(21)27)28-15-3-10-26-13-11-25(2)12-14-26/h4-9,16-17,23H,3,10-15H2,1-2H3. The summed E-state index contributed by atoms with van der Waals surface area (Å²) in [5, 5.41) is 3.14. The van der Waals surface area contributed by atoms with Crippen LogP contribution in [0.2, 0.25) is 0 Å². The van der Waals surface area contributed by atoms with E-state index in [1.807, 2.05) is 25.5 Å². The SMILES string of the molecule is CNc1ccc(-n2cnc3cc(OCCCN4CCN(C)CC4)ccc32)cc1. The van der Waals surface area contributed by atoms with Gasteiger partial charge in [0.05, 0.1) is 17.6 Å². The van der Waals surface area contributed by atoms with E-state index in [4.69, 9.17) is 4.74 Å². The zero-order valence-corrected chi connectivity index (χ0v) is 16.8. The molecular weight excluding hydrogens is 350 g/mol. The van der Waals surface area contributed by atoms with Gasteiger partial charge in [0.15, 0.2) is 0 Å². The zero-order valence-electron chi connectivity index (χ0n) is 16.8. The summed E-state index contributed by atoms with van der Waals surface area (Å²) in [6, 6.07) is 14.5. The van der Waals surface area contributed by atoms with Gasteiger partial charge in [-0.1, -0.05) is 0 Å². The van der Waals surface area contributed by atoms with Gasteiger partial charge >= 0.3 is 0 Å². The third-order valence-corrected chi connectivity index (χ3v) is 5.44. The second kappa shape index (κ2) is 8.63. The first kappa shape index (κ1) is 18.8. The Bertz CT molecular complexity index is 897. The van der Waals surface area contributed by atoms with Crippen molar-refractivity contribution in [2.75, 3.05) is 58.7 Å². The van der Waals surface area contributed by atoms with E-state index in [1.165, 1.54) is 0 Å². The van der Waals surface area contributed by atoms with Gasteiger partial charge in [0.2, 0.25) is 0 Å². The maximum atomic E-state index is 5.98. The molecule has 1 aliphatic heterocycles. The van der Waals surface area contributed by atoms with E-state index in [-0.39, 0.29) is 0 Å². The van der Waals surface area contributed by atoms with Crippen LogP contribution in [0.25, 0.3) is 16.7 Å². The Hall–Kier alpha value is -2.57. The number of benzene rings is 2. The predicted octanol–water partition coefficient (Wildman–Crippen LogP) is 3.08. The molecule has 0 spiro atoms. The van der Waals surface area contributed by atoms with Crippen molar-refractivity contribution in [2.45, 2.75) is 6.42 Å². The molecular formula is C22H29N5O. The lowest BCUT2D eigenvalue weighted by molar-refractivity contribution is 0.145. The van der Waals surface area contributed by atoms with Gasteiger partial charge in [0.25, 0.3) is 0 Å². The van der Waals surface area contributed by atoms with Crippen molar-refractivity contribution < 1.29 is 4.74 Å². The molecule has 0 amide bonds. The fourth-order valence-electron chi connectivity index (χ4n) is 3.63. The highest BCUT2D eigenvalue weighted by Crippen LogP contribution is 2.23. The normalized spacial score (nSPS) is 15.8. The van der Waals surface area contributed by atoms with Crippen LogP contribution >= 0.6 is 0 Å². The van der Waals surface area contributed by atoms with Crippen LogP contribution in [0.15, 0.2) is 48.8 Å². The minimum Gasteiger partial charge on any atom is -0.493 e. The van der Waals surface area contributed by atoms with Gasteiger partial charge in [-0.05, 0) is 49.9 Å². The Balaban J connectivity index is 1.34. The van der Waals surface area contributed by atoms with Crippen LogP contribution in [0.5, 0.6) is 5.75 Å². The van der Waals surface area contributed by atoms with Gasteiger partial charge in [-0.15, -0.1) is 0 Å². The van der Waals surface area contributed by atoms with Crippen molar-refractivity contribution >= 4 is 16.7 Å². The summed E-state index contributed by atoms with van der Waals surface area (Å²) in [5.74, 6) is 0.890. The second-order valence-electron chi connectivity index (χ2n) is 7.41. The molecule has 1 fully saturated rings. The lowest BCUT2D eigenvalue weighted by atomic mass is 10.2. The summed E-state index contributed by atoms with van der Waals surface area (Å²) in [6.07, 6.45) is 2.92. The zero-order chi connectivity index (χ0) is 19.3. The summed E-state index contributed by atoms with van der Waals surface area (Å²) >= 11 is 0. The number of aromatic nitrogens is 2. The highest BCUT2D eigenvalue weighted by atomic mass is 16.5. The quantitative estimate of drug-likeness (QED) is 0.639. The van der Waals surface area contributed by atoms with E-state index < -0.39 is 0 Å². The molecule has 6 heteroatoms. The van der Waals surface area contributed by atoms with Gasteiger partial charge in [-0.3, -0.25) is 4.57 Å². The largest absolute Gasteiger partial charge is 0.493 e. The molecule has 28 heavy (non-hydrogen) atoms. The monoisotopic (exact) mass is 379 g/mol. The Kier molecular flexibility index (Phi) is 5.78. The fourth-order valence-corrected chi connectivity index (χ4v) is 3.63. The molecule has 2 aromatic carbocycles. The lowest BCUT2D eigenvalue weighted by Crippen LogP contribution is -2.44. The van der Waals surface area contributed by atoms with Crippen LogP contribution in [-0.4, -0.2) is 72.8 Å². The van der Waals surface area contributed by atoms with E-state index in [0.29, 0.717) is 0 Å². The number of hydrogen-bond donors (Lipinski definition) is 1. The number of nitrogens with zero attached hydrogens (tertiary/aromatic N) is 4. The van der Waals surface area contributed by atoms with Crippen LogP contribution in [0.3, 0.4) is 0 Å². The Morgan fingerprint density at radius 2 is 1.82 bits per heavy atom. The van der Waals surface area contributed by atoms with Gasteiger partial charge in [0.1, 0.15) is 12.1 Å². The number of hydrogen-bond acceptors (Lipinski definition) is 5. The molecule has 1 saturated heterocycles. The predicted molar refractivity (Wildman–Crippen MR) is 115 cm³/mol. The second-order valence-corrected chi connectivity index (χ2v) is 7.41. The van der Waals surface area contributed by atoms with Gasteiger partial charge in [-0.2, -0.15) is 0 Å². The molecule has 4 rings (SSSR count).